The van der Waals surface area contributed by atoms with E-state index in [2.05, 4.69) is 30.4 Å². The zero-order valence-electron chi connectivity index (χ0n) is 12.8. The minimum absolute atomic E-state index is 0.123. The second kappa shape index (κ2) is 7.19. The number of carbonyl (C=O) groups is 1. The molecule has 0 saturated heterocycles. The maximum Gasteiger partial charge on any atom is 0.251 e. The minimum Gasteiger partial charge on any atom is -0.507 e. The summed E-state index contributed by atoms with van der Waals surface area (Å²) < 4.78 is 4.67. The largest absolute Gasteiger partial charge is 0.507 e. The summed E-state index contributed by atoms with van der Waals surface area (Å²) in [5.41, 5.74) is 1.72. The number of phenolic OH excluding ortho intramolecular Hbond substituents is 1. The van der Waals surface area contributed by atoms with Crippen LogP contribution in [0.3, 0.4) is 0 Å². The predicted octanol–water partition coefficient (Wildman–Crippen LogP) is 2.01. The van der Waals surface area contributed by atoms with Crippen molar-refractivity contribution in [1.29, 1.82) is 0 Å². The van der Waals surface area contributed by atoms with Crippen LogP contribution in [0.15, 0.2) is 34.0 Å². The maximum atomic E-state index is 12.1. The number of aromatic nitrogens is 2. The lowest BCUT2D eigenvalue weighted by Gasteiger charge is -2.06. The summed E-state index contributed by atoms with van der Waals surface area (Å²) in [4.78, 5) is 12.1. The molecule has 0 bridgehead atoms. The van der Waals surface area contributed by atoms with Crippen molar-refractivity contribution in [1.82, 2.24) is 9.88 Å². The van der Waals surface area contributed by atoms with Gasteiger partial charge in [0.15, 0.2) is 5.69 Å². The number of hydrogen-bond acceptors (Lipinski definition) is 3. The van der Waals surface area contributed by atoms with Crippen LogP contribution in [-0.2, 0) is 20.5 Å². The van der Waals surface area contributed by atoms with Crippen LogP contribution in [0.4, 0.5) is 0 Å². The Morgan fingerprint density at radius 1 is 1.50 bits per heavy atom. The van der Waals surface area contributed by atoms with Gasteiger partial charge in [-0.2, -0.15) is 0 Å². The Morgan fingerprint density at radius 3 is 2.86 bits per heavy atom. The Labute approximate surface area is 142 Å². The Balaban J connectivity index is 1.99. The van der Waals surface area contributed by atoms with Crippen LogP contribution >= 0.6 is 27.7 Å². The molecule has 0 unspecified atom stereocenters. The van der Waals surface area contributed by atoms with Crippen LogP contribution in [0.5, 0.6) is 5.75 Å². The molecule has 0 saturated carbocycles. The van der Waals surface area contributed by atoms with E-state index in [0.717, 1.165) is 6.42 Å². The molecule has 0 atom stereocenters. The topological polar surface area (TPSA) is 58.1 Å². The van der Waals surface area contributed by atoms with E-state index in [1.54, 1.807) is 23.9 Å². The van der Waals surface area contributed by atoms with Gasteiger partial charge >= 0.3 is 0 Å². The molecule has 22 heavy (non-hydrogen) atoms. The lowest BCUT2D eigenvalue weighted by Crippen LogP contribution is -2.28. The molecule has 0 fully saturated rings. The fourth-order valence-corrected chi connectivity index (χ4v) is 3.52. The van der Waals surface area contributed by atoms with E-state index in [1.165, 1.54) is 16.8 Å². The van der Waals surface area contributed by atoms with Crippen LogP contribution in [0.25, 0.3) is 0 Å². The van der Waals surface area contributed by atoms with Crippen molar-refractivity contribution in [2.24, 2.45) is 14.1 Å². The molecule has 0 aliphatic carbocycles. The van der Waals surface area contributed by atoms with E-state index in [1.807, 2.05) is 26.7 Å². The quantitative estimate of drug-likeness (QED) is 0.612. The molecule has 2 aromatic rings. The SMILES string of the molecule is CSc1c(CCNC(=O)c2ccc(O)c(Br)c2)n(C)c[n+]1C. The number of nitrogens with one attached hydrogen (secondary N) is 1. The Kier molecular flexibility index (Phi) is 5.52. The molecule has 0 aliphatic heterocycles. The van der Waals surface area contributed by atoms with Gasteiger partial charge in [-0.3, -0.25) is 4.79 Å². The van der Waals surface area contributed by atoms with Gasteiger partial charge in [0.1, 0.15) is 5.75 Å². The molecule has 0 aliphatic rings. The van der Waals surface area contributed by atoms with Gasteiger partial charge in [-0.1, -0.05) is 11.8 Å². The molecule has 1 aromatic carbocycles. The van der Waals surface area contributed by atoms with Gasteiger partial charge in [0, 0.05) is 18.5 Å². The molecule has 1 heterocycles. The van der Waals surface area contributed by atoms with Gasteiger partial charge in [0.25, 0.3) is 5.91 Å². The molecule has 1 amide bonds. The molecule has 1 aromatic heterocycles. The fraction of sp³-hybridized carbons (Fsp3) is 0.333. The van der Waals surface area contributed by atoms with E-state index in [-0.39, 0.29) is 11.7 Å². The zero-order valence-corrected chi connectivity index (χ0v) is 15.2. The van der Waals surface area contributed by atoms with Crippen LogP contribution < -0.4 is 9.88 Å². The van der Waals surface area contributed by atoms with Crippen LogP contribution in [-0.4, -0.2) is 28.4 Å². The van der Waals surface area contributed by atoms with Crippen LogP contribution in [0, 0.1) is 0 Å². The van der Waals surface area contributed by atoms with Crippen LogP contribution in [0.2, 0.25) is 0 Å². The average molecular weight is 385 g/mol. The summed E-state index contributed by atoms with van der Waals surface area (Å²) >= 11 is 4.91. The third-order valence-electron chi connectivity index (χ3n) is 3.39. The van der Waals surface area contributed by atoms with Gasteiger partial charge in [0.05, 0.1) is 18.6 Å². The van der Waals surface area contributed by atoms with Crippen molar-refractivity contribution in [2.45, 2.75) is 11.4 Å². The van der Waals surface area contributed by atoms with E-state index in [9.17, 15) is 9.90 Å². The number of carbonyl (C=O) groups excluding carboxylic acids is 1. The Morgan fingerprint density at radius 2 is 2.23 bits per heavy atom. The van der Waals surface area contributed by atoms with Crippen molar-refractivity contribution in [3.63, 3.8) is 0 Å². The monoisotopic (exact) mass is 384 g/mol. The molecule has 0 radical (unpaired) electrons. The smallest absolute Gasteiger partial charge is 0.251 e. The summed E-state index contributed by atoms with van der Waals surface area (Å²) in [7, 11) is 4.02. The number of halogens is 1. The first kappa shape index (κ1) is 16.9. The van der Waals surface area contributed by atoms with Crippen molar-refractivity contribution in [2.75, 3.05) is 12.8 Å². The fourth-order valence-electron chi connectivity index (χ4n) is 2.33. The summed E-state index contributed by atoms with van der Waals surface area (Å²) in [6, 6.07) is 4.72. The number of nitrogens with zero attached hydrogens (tertiary/aromatic N) is 2. The molecular weight excluding hydrogens is 366 g/mol. The van der Waals surface area contributed by atoms with Crippen LogP contribution in [0.1, 0.15) is 16.1 Å². The number of phenols is 1. The Hall–Kier alpha value is -1.47. The molecule has 0 spiro atoms. The third kappa shape index (κ3) is 3.64. The number of hydrogen-bond donors (Lipinski definition) is 2. The first-order chi connectivity index (χ1) is 10.4. The van der Waals surface area contributed by atoms with E-state index >= 15 is 0 Å². The molecule has 2 rings (SSSR count). The standard InChI is InChI=1S/C15H18BrN3O2S/c1-18-9-19(2)15(22-3)12(18)6-7-17-14(21)10-4-5-13(20)11(16)8-10/h4-5,8-9H,6-7H2,1-3H3,(H-,17,20,21)/p+1. The number of rotatable bonds is 5. The Bertz CT molecular complexity index is 700. The van der Waals surface area contributed by atoms with E-state index in [0.29, 0.717) is 16.6 Å². The van der Waals surface area contributed by atoms with Crippen molar-refractivity contribution < 1.29 is 14.5 Å². The van der Waals surface area contributed by atoms with Gasteiger partial charge in [-0.05, 0) is 40.4 Å². The molecule has 5 nitrogen and oxygen atoms in total. The normalized spacial score (nSPS) is 10.7. The number of aromatic hydroxyl groups is 1. The highest BCUT2D eigenvalue weighted by atomic mass is 79.9. The second-order valence-corrected chi connectivity index (χ2v) is 6.61. The van der Waals surface area contributed by atoms with Crippen molar-refractivity contribution in [3.8, 4) is 5.75 Å². The van der Waals surface area contributed by atoms with Gasteiger partial charge in [-0.15, -0.1) is 0 Å². The van der Waals surface area contributed by atoms with E-state index in [4.69, 9.17) is 0 Å². The minimum atomic E-state index is -0.148. The highest BCUT2D eigenvalue weighted by molar-refractivity contribution is 9.10. The predicted molar refractivity (Wildman–Crippen MR) is 90.2 cm³/mol. The average Bonchev–Trinajstić information content (AvgIpc) is 2.75. The summed E-state index contributed by atoms with van der Waals surface area (Å²) in [5.74, 6) is -0.0255. The van der Waals surface area contributed by atoms with Gasteiger partial charge in [-0.25, -0.2) is 9.13 Å². The highest BCUT2D eigenvalue weighted by Gasteiger charge is 2.18. The maximum absolute atomic E-state index is 12.1. The molecule has 2 N–H and O–H groups in total. The molecule has 118 valence electrons. The summed E-state index contributed by atoms with van der Waals surface area (Å²) in [5, 5.41) is 13.6. The number of thioether (sulfide) groups is 1. The first-order valence-electron chi connectivity index (χ1n) is 6.78. The number of aryl methyl sites for hydroxylation is 2. The second-order valence-electron chi connectivity index (χ2n) is 4.97. The van der Waals surface area contributed by atoms with Crippen molar-refractivity contribution >= 4 is 33.6 Å². The molecule has 7 heteroatoms. The van der Waals surface area contributed by atoms with Crippen molar-refractivity contribution in [3.05, 3.63) is 40.3 Å². The highest BCUT2D eigenvalue weighted by Crippen LogP contribution is 2.24. The lowest BCUT2D eigenvalue weighted by molar-refractivity contribution is -0.707. The van der Waals surface area contributed by atoms with Gasteiger partial charge < -0.3 is 10.4 Å². The number of benzene rings is 1. The number of imidazole rings is 1. The molecular formula is C15H19BrN3O2S+. The summed E-state index contributed by atoms with van der Waals surface area (Å²) in [6.07, 6.45) is 4.84. The van der Waals surface area contributed by atoms with Gasteiger partial charge in [0.2, 0.25) is 11.4 Å². The first-order valence-corrected chi connectivity index (χ1v) is 8.80. The third-order valence-corrected chi connectivity index (χ3v) is 4.94. The zero-order chi connectivity index (χ0) is 16.3. The lowest BCUT2D eigenvalue weighted by atomic mass is 10.2. The number of amides is 1. The van der Waals surface area contributed by atoms with E-state index < -0.39 is 0 Å². The summed E-state index contributed by atoms with van der Waals surface area (Å²) in [6.45, 7) is 0.558.